The summed E-state index contributed by atoms with van der Waals surface area (Å²) in [5, 5.41) is 33.1. The van der Waals surface area contributed by atoms with E-state index in [2.05, 4.69) is 9.97 Å². The van der Waals surface area contributed by atoms with Gasteiger partial charge in [0.2, 0.25) is 0 Å². The lowest BCUT2D eigenvalue weighted by molar-refractivity contribution is -0.135. The van der Waals surface area contributed by atoms with Crippen LogP contribution in [0.1, 0.15) is 34.9 Å². The molecule has 0 spiro atoms. The largest absolute Gasteiger partial charge is 0.508 e. The number of carbonyl (C=O) groups is 1. The van der Waals surface area contributed by atoms with Gasteiger partial charge in [-0.2, -0.15) is 10.5 Å². The molecule has 1 N–H and O–H groups in total. The van der Waals surface area contributed by atoms with E-state index in [9.17, 15) is 20.4 Å². The third kappa shape index (κ3) is 2.71. The van der Waals surface area contributed by atoms with Crippen molar-refractivity contribution in [3.05, 3.63) is 83.2 Å². The lowest BCUT2D eigenvalue weighted by atomic mass is 9.81. The zero-order chi connectivity index (χ0) is 23.4. The van der Waals surface area contributed by atoms with Crippen molar-refractivity contribution in [1.29, 1.82) is 10.5 Å². The maximum Gasteiger partial charge on any atom is 0.312 e. The number of benzene rings is 4. The summed E-state index contributed by atoms with van der Waals surface area (Å²) < 4.78 is 5.75. The molecule has 0 bridgehead atoms. The van der Waals surface area contributed by atoms with Gasteiger partial charge in [-0.3, -0.25) is 4.79 Å². The zero-order valence-corrected chi connectivity index (χ0v) is 17.6. The molecule has 0 fully saturated rings. The molecule has 0 saturated carbocycles. The second kappa shape index (κ2) is 7.26. The Balaban J connectivity index is 1.82. The lowest BCUT2D eigenvalue weighted by Crippen LogP contribution is -2.22. The van der Waals surface area contributed by atoms with Gasteiger partial charge in [-0.05, 0) is 16.8 Å². The number of phenols is 1. The van der Waals surface area contributed by atoms with Gasteiger partial charge in [-0.15, -0.1) is 0 Å². The van der Waals surface area contributed by atoms with Crippen molar-refractivity contribution in [3.63, 3.8) is 0 Å². The number of aromatic nitrogens is 2. The fraction of sp³-hybridized carbons (Fsp3) is 0.0741. The summed E-state index contributed by atoms with van der Waals surface area (Å²) in [5.41, 5.74) is 1.77. The first-order chi connectivity index (χ1) is 16.6. The Kier molecular flexibility index (Phi) is 4.20. The lowest BCUT2D eigenvalue weighted by Gasteiger charge is -2.28. The third-order valence-electron chi connectivity index (χ3n) is 6.27. The van der Waals surface area contributed by atoms with Crippen molar-refractivity contribution in [1.82, 2.24) is 9.97 Å². The molecule has 7 heteroatoms. The molecule has 1 aromatic heterocycles. The van der Waals surface area contributed by atoms with Crippen molar-refractivity contribution in [2.75, 3.05) is 0 Å². The molecule has 1 unspecified atom stereocenters. The number of phenolic OH excluding ortho intramolecular Hbond substituents is 1. The number of rotatable bonds is 1. The monoisotopic (exact) mass is 442 g/mol. The van der Waals surface area contributed by atoms with Gasteiger partial charge in [0.1, 0.15) is 23.6 Å². The molecule has 4 aromatic carbocycles. The van der Waals surface area contributed by atoms with Crippen LogP contribution < -0.4 is 4.74 Å². The van der Waals surface area contributed by atoms with E-state index in [1.807, 2.05) is 66.7 Å². The van der Waals surface area contributed by atoms with Gasteiger partial charge in [0.15, 0.2) is 11.4 Å². The van der Waals surface area contributed by atoms with Crippen LogP contribution in [0.25, 0.3) is 32.6 Å². The fourth-order valence-electron chi connectivity index (χ4n) is 4.86. The van der Waals surface area contributed by atoms with Gasteiger partial charge in [0, 0.05) is 27.8 Å². The molecule has 7 nitrogen and oxygen atoms in total. The van der Waals surface area contributed by atoms with E-state index in [1.54, 1.807) is 6.07 Å². The Hall–Kier alpha value is -5.01. The van der Waals surface area contributed by atoms with Crippen LogP contribution in [0.4, 0.5) is 0 Å². The first-order valence-electron chi connectivity index (χ1n) is 10.6. The minimum absolute atomic E-state index is 0.0222. The molecule has 5 aromatic rings. The van der Waals surface area contributed by atoms with Crippen LogP contribution in [0.2, 0.25) is 0 Å². The second-order valence-corrected chi connectivity index (χ2v) is 8.08. The average molecular weight is 442 g/mol. The predicted molar refractivity (Wildman–Crippen MR) is 124 cm³/mol. The predicted octanol–water partition coefficient (Wildman–Crippen LogP) is 4.83. The highest BCUT2D eigenvalue weighted by Gasteiger charge is 2.36. The summed E-state index contributed by atoms with van der Waals surface area (Å²) in [4.78, 5) is 21.8. The van der Waals surface area contributed by atoms with E-state index in [0.717, 1.165) is 10.8 Å². The number of ether oxygens (including phenoxy) is 1. The molecule has 34 heavy (non-hydrogen) atoms. The van der Waals surface area contributed by atoms with E-state index in [1.165, 1.54) is 0 Å². The van der Waals surface area contributed by atoms with Crippen molar-refractivity contribution >= 4 is 38.5 Å². The second-order valence-electron chi connectivity index (χ2n) is 8.08. The Bertz CT molecular complexity index is 1780. The molecule has 160 valence electrons. The number of esters is 1. The minimum atomic E-state index is -0.594. The highest BCUT2D eigenvalue weighted by molar-refractivity contribution is 6.11. The number of fused-ring (bicyclic) bond motifs is 7. The maximum atomic E-state index is 12.8. The van der Waals surface area contributed by atoms with Crippen LogP contribution in [0.5, 0.6) is 11.5 Å². The normalized spacial score (nSPS) is 15.0. The van der Waals surface area contributed by atoms with Gasteiger partial charge in [0.05, 0.1) is 17.5 Å². The summed E-state index contributed by atoms with van der Waals surface area (Å²) >= 11 is 0. The van der Waals surface area contributed by atoms with Gasteiger partial charge in [-0.25, -0.2) is 9.97 Å². The molecule has 1 aliphatic heterocycles. The summed E-state index contributed by atoms with van der Waals surface area (Å²) in [6.07, 6.45) is -0.0222. The zero-order valence-electron chi connectivity index (χ0n) is 17.6. The van der Waals surface area contributed by atoms with Crippen LogP contribution in [0.15, 0.2) is 60.7 Å². The Morgan fingerprint density at radius 1 is 0.824 bits per heavy atom. The summed E-state index contributed by atoms with van der Waals surface area (Å²) in [5.74, 6) is -0.646. The number of hydrogen-bond donors (Lipinski definition) is 1. The molecule has 2 heterocycles. The standard InChI is InChI=1S/C27H14N4O3/c28-12-19-20(13-29)31-26-24-18(23-15-6-2-1-5-14(15)9-10-21(23)32)11-22(33)34-27(24)17-8-4-3-7-16(17)25(26)30-19/h1-10,18,32H,11H2. The number of carbonyl (C=O) groups excluding carboxylic acids is 1. The highest BCUT2D eigenvalue weighted by Crippen LogP contribution is 2.50. The van der Waals surface area contributed by atoms with Crippen molar-refractivity contribution in [2.24, 2.45) is 0 Å². The van der Waals surface area contributed by atoms with Crippen molar-refractivity contribution in [3.8, 4) is 23.6 Å². The molecule has 0 amide bonds. The summed E-state index contributed by atoms with van der Waals surface area (Å²) in [6.45, 7) is 0. The van der Waals surface area contributed by atoms with E-state index in [4.69, 9.17) is 4.74 Å². The van der Waals surface area contributed by atoms with Crippen LogP contribution >= 0.6 is 0 Å². The smallest absolute Gasteiger partial charge is 0.312 e. The summed E-state index contributed by atoms with van der Waals surface area (Å²) in [7, 11) is 0. The highest BCUT2D eigenvalue weighted by atomic mass is 16.5. The van der Waals surface area contributed by atoms with Gasteiger partial charge < -0.3 is 9.84 Å². The molecule has 0 aliphatic carbocycles. The summed E-state index contributed by atoms with van der Waals surface area (Å²) in [6, 6.07) is 22.2. The van der Waals surface area contributed by atoms with E-state index < -0.39 is 11.9 Å². The molecule has 6 rings (SSSR count). The first kappa shape index (κ1) is 19.7. The topological polar surface area (TPSA) is 120 Å². The fourth-order valence-corrected chi connectivity index (χ4v) is 4.86. The van der Waals surface area contributed by atoms with Gasteiger partial charge in [-0.1, -0.05) is 54.6 Å². The minimum Gasteiger partial charge on any atom is -0.508 e. The molecular formula is C27H14N4O3. The van der Waals surface area contributed by atoms with Crippen LogP contribution in [0.3, 0.4) is 0 Å². The molecule has 1 aliphatic rings. The van der Waals surface area contributed by atoms with Gasteiger partial charge >= 0.3 is 5.97 Å². The first-order valence-corrected chi connectivity index (χ1v) is 10.6. The maximum absolute atomic E-state index is 12.8. The Morgan fingerprint density at radius 2 is 1.47 bits per heavy atom. The number of hydrogen-bond acceptors (Lipinski definition) is 7. The number of nitriles is 2. The Labute approximate surface area is 193 Å². The number of aromatic hydroxyl groups is 1. The van der Waals surface area contributed by atoms with Crippen LogP contribution in [0, 0.1) is 22.7 Å². The van der Waals surface area contributed by atoms with E-state index >= 15 is 0 Å². The quantitative estimate of drug-likeness (QED) is 0.224. The van der Waals surface area contributed by atoms with Crippen molar-refractivity contribution < 1.29 is 14.6 Å². The van der Waals surface area contributed by atoms with E-state index in [0.29, 0.717) is 38.7 Å². The number of nitrogens with zero attached hydrogens (tertiary/aromatic N) is 4. The molecule has 0 saturated heterocycles. The van der Waals surface area contributed by atoms with Crippen molar-refractivity contribution in [2.45, 2.75) is 12.3 Å². The molecular weight excluding hydrogens is 428 g/mol. The third-order valence-corrected chi connectivity index (χ3v) is 6.27. The molecule has 1 atom stereocenters. The SMILES string of the molecule is N#Cc1nc2c3c(c4ccccc4c2nc1C#N)OC(=O)CC3c1c(O)ccc2ccccc12. The molecule has 0 radical (unpaired) electrons. The van der Waals surface area contributed by atoms with Crippen LogP contribution in [-0.4, -0.2) is 21.0 Å². The Morgan fingerprint density at radius 3 is 2.21 bits per heavy atom. The van der Waals surface area contributed by atoms with E-state index in [-0.39, 0.29) is 23.6 Å². The van der Waals surface area contributed by atoms with Gasteiger partial charge in [0.25, 0.3) is 0 Å². The average Bonchev–Trinajstić information content (AvgIpc) is 2.87. The van der Waals surface area contributed by atoms with Crippen LogP contribution in [-0.2, 0) is 4.79 Å².